The summed E-state index contributed by atoms with van der Waals surface area (Å²) in [5, 5.41) is 11.6. The molecule has 2 aromatic heterocycles. The molecule has 0 fully saturated rings. The molecule has 0 spiro atoms. The van der Waals surface area contributed by atoms with Crippen molar-refractivity contribution in [1.82, 2.24) is 4.98 Å². The number of carboxylic acid groups (broad SMARTS) is 1. The first-order valence-electron chi connectivity index (χ1n) is 5.85. The third-order valence-corrected chi connectivity index (χ3v) is 6.46. The summed E-state index contributed by atoms with van der Waals surface area (Å²) in [7, 11) is -4.06. The first-order valence-corrected chi connectivity index (χ1v) is 8.97. The fraction of sp³-hybridized carbons (Fsp3) is 0. The van der Waals surface area contributed by atoms with E-state index in [0.29, 0.717) is 10.2 Å². The molecule has 2 heterocycles. The van der Waals surface area contributed by atoms with E-state index in [1.165, 1.54) is 29.5 Å². The maximum absolute atomic E-state index is 12.8. The van der Waals surface area contributed by atoms with Gasteiger partial charge in [-0.15, -0.1) is 11.3 Å². The van der Waals surface area contributed by atoms with Gasteiger partial charge < -0.3 is 10.1 Å². The van der Waals surface area contributed by atoms with E-state index in [-0.39, 0.29) is 25.5 Å². The number of aromatic amines is 1. The fourth-order valence-corrected chi connectivity index (χ4v) is 4.93. The van der Waals surface area contributed by atoms with E-state index in [2.05, 4.69) is 4.98 Å². The van der Waals surface area contributed by atoms with Crippen LogP contribution in [0.3, 0.4) is 0 Å². The molecule has 2 N–H and O–H groups in total. The zero-order valence-corrected chi connectivity index (χ0v) is 13.8. The van der Waals surface area contributed by atoms with Crippen molar-refractivity contribution in [3.05, 3.63) is 45.4 Å². The van der Waals surface area contributed by atoms with E-state index >= 15 is 0 Å². The Kier molecular flexibility index (Phi) is 3.68. The minimum Gasteiger partial charge on any atom is -0.477 e. The van der Waals surface area contributed by atoms with Gasteiger partial charge in [0.05, 0.1) is 14.9 Å². The summed E-state index contributed by atoms with van der Waals surface area (Å²) in [6.45, 7) is 0. The Morgan fingerprint density at radius 2 is 1.91 bits per heavy atom. The summed E-state index contributed by atoms with van der Waals surface area (Å²) in [5.74, 6) is -1.35. The Morgan fingerprint density at radius 3 is 2.55 bits per heavy atom. The number of nitrogens with one attached hydrogen (secondary N) is 1. The molecule has 0 saturated carbocycles. The van der Waals surface area contributed by atoms with Crippen LogP contribution in [0.15, 0.2) is 39.4 Å². The van der Waals surface area contributed by atoms with Crippen molar-refractivity contribution in [2.24, 2.45) is 0 Å². The molecule has 3 aromatic rings. The smallest absolute Gasteiger partial charge is 0.353 e. The Labute approximate surface area is 139 Å². The van der Waals surface area contributed by atoms with Crippen molar-refractivity contribution >= 4 is 60.6 Å². The van der Waals surface area contributed by atoms with E-state index in [1.807, 2.05) is 0 Å². The average molecular weight is 376 g/mol. The topological polar surface area (TPSA) is 87.2 Å². The molecule has 0 saturated heterocycles. The average Bonchev–Trinajstić information content (AvgIpc) is 3.01. The molecule has 0 atom stereocenters. The van der Waals surface area contributed by atoms with Crippen molar-refractivity contribution in [2.45, 2.75) is 9.79 Å². The summed E-state index contributed by atoms with van der Waals surface area (Å²) in [4.78, 5) is 14.1. The Bertz CT molecular complexity index is 1000. The molecule has 0 amide bonds. The lowest BCUT2D eigenvalue weighted by molar-refractivity contribution is 0.0687. The second kappa shape index (κ2) is 5.27. The zero-order chi connectivity index (χ0) is 16.1. The minimum atomic E-state index is -4.06. The fourth-order valence-electron chi connectivity index (χ4n) is 2.08. The van der Waals surface area contributed by atoms with Gasteiger partial charge in [-0.25, -0.2) is 13.2 Å². The van der Waals surface area contributed by atoms with Crippen LogP contribution in [0, 0.1) is 0 Å². The van der Waals surface area contributed by atoms with Gasteiger partial charge in [0.25, 0.3) is 0 Å². The van der Waals surface area contributed by atoms with Crippen LogP contribution in [0.4, 0.5) is 0 Å². The van der Waals surface area contributed by atoms with Crippen LogP contribution in [-0.2, 0) is 9.84 Å². The third kappa shape index (κ3) is 2.30. The predicted molar refractivity (Wildman–Crippen MR) is 85.0 cm³/mol. The molecule has 0 radical (unpaired) electrons. The normalized spacial score (nSPS) is 11.9. The number of aromatic carboxylic acids is 1. The number of thiophene rings is 1. The van der Waals surface area contributed by atoms with Crippen molar-refractivity contribution in [2.75, 3.05) is 0 Å². The Balaban J connectivity index is 2.33. The Morgan fingerprint density at radius 1 is 1.18 bits per heavy atom. The van der Waals surface area contributed by atoms with E-state index in [9.17, 15) is 18.3 Å². The van der Waals surface area contributed by atoms with Gasteiger partial charge in [0.2, 0.25) is 9.84 Å². The number of hydrogen-bond donors (Lipinski definition) is 2. The number of H-pyrrole nitrogens is 1. The molecule has 22 heavy (non-hydrogen) atoms. The SMILES string of the molecule is O=C(O)c1[nH]c2sccc2c1S(=O)(=O)c1ccc(Cl)c(Cl)c1. The largest absolute Gasteiger partial charge is 0.477 e. The van der Waals surface area contributed by atoms with Gasteiger partial charge in [-0.3, -0.25) is 0 Å². The molecule has 0 bridgehead atoms. The maximum atomic E-state index is 12.8. The quantitative estimate of drug-likeness (QED) is 0.722. The monoisotopic (exact) mass is 375 g/mol. The van der Waals surface area contributed by atoms with Crippen molar-refractivity contribution < 1.29 is 18.3 Å². The lowest BCUT2D eigenvalue weighted by Crippen LogP contribution is -2.08. The van der Waals surface area contributed by atoms with Crippen LogP contribution < -0.4 is 0 Å². The van der Waals surface area contributed by atoms with Gasteiger partial charge >= 0.3 is 5.97 Å². The van der Waals surface area contributed by atoms with Gasteiger partial charge in [-0.1, -0.05) is 23.2 Å². The highest BCUT2D eigenvalue weighted by atomic mass is 35.5. The second-order valence-electron chi connectivity index (χ2n) is 4.38. The lowest BCUT2D eigenvalue weighted by Gasteiger charge is -2.06. The van der Waals surface area contributed by atoms with Gasteiger partial charge in [0.15, 0.2) is 0 Å². The highest BCUT2D eigenvalue weighted by Gasteiger charge is 2.30. The maximum Gasteiger partial charge on any atom is 0.353 e. The van der Waals surface area contributed by atoms with Crippen LogP contribution >= 0.6 is 34.5 Å². The van der Waals surface area contributed by atoms with Crippen LogP contribution in [0.1, 0.15) is 10.5 Å². The molecular weight excluding hydrogens is 369 g/mol. The minimum absolute atomic E-state index is 0.0803. The molecule has 1 aromatic carbocycles. The molecular formula is C13H7Cl2NO4S2. The van der Waals surface area contributed by atoms with E-state index in [4.69, 9.17) is 23.2 Å². The van der Waals surface area contributed by atoms with Crippen molar-refractivity contribution in [3.8, 4) is 0 Å². The van der Waals surface area contributed by atoms with Crippen molar-refractivity contribution in [1.29, 1.82) is 0 Å². The van der Waals surface area contributed by atoms with Crippen LogP contribution in [0.25, 0.3) is 10.2 Å². The summed E-state index contributed by atoms with van der Waals surface area (Å²) < 4.78 is 25.6. The Hall–Kier alpha value is -1.54. The molecule has 0 unspecified atom stereocenters. The van der Waals surface area contributed by atoms with Crippen LogP contribution in [0.2, 0.25) is 10.0 Å². The lowest BCUT2D eigenvalue weighted by atomic mass is 10.3. The van der Waals surface area contributed by atoms with Gasteiger partial charge in [-0.05, 0) is 29.6 Å². The first kappa shape index (κ1) is 15.4. The molecule has 5 nitrogen and oxygen atoms in total. The van der Waals surface area contributed by atoms with E-state index < -0.39 is 15.8 Å². The van der Waals surface area contributed by atoms with Gasteiger partial charge in [0.1, 0.15) is 15.4 Å². The molecule has 3 rings (SSSR count). The number of hydrogen-bond acceptors (Lipinski definition) is 4. The van der Waals surface area contributed by atoms with Crippen molar-refractivity contribution in [3.63, 3.8) is 0 Å². The summed E-state index contributed by atoms with van der Waals surface area (Å²) in [6.07, 6.45) is 0. The highest BCUT2D eigenvalue weighted by Crippen LogP contribution is 2.36. The molecule has 0 aliphatic carbocycles. The first-order chi connectivity index (χ1) is 10.3. The summed E-state index contributed by atoms with van der Waals surface area (Å²) in [6, 6.07) is 5.42. The number of fused-ring (bicyclic) bond motifs is 1. The number of aromatic nitrogens is 1. The standard InChI is InChI=1S/C13H7Cl2NO4S2/c14-8-2-1-6(5-9(8)15)22(19,20)11-7-3-4-21-12(7)16-10(11)13(17)18/h1-5,16H,(H,17,18). The molecule has 114 valence electrons. The zero-order valence-electron chi connectivity index (χ0n) is 10.6. The molecule has 0 aliphatic rings. The number of carboxylic acids is 1. The van der Waals surface area contributed by atoms with Gasteiger partial charge in [0, 0.05) is 5.39 Å². The highest BCUT2D eigenvalue weighted by molar-refractivity contribution is 7.91. The number of benzene rings is 1. The number of sulfone groups is 1. The van der Waals surface area contributed by atoms with E-state index in [0.717, 1.165) is 0 Å². The molecule has 9 heteroatoms. The van der Waals surface area contributed by atoms with Crippen LogP contribution in [-0.4, -0.2) is 24.5 Å². The third-order valence-electron chi connectivity index (χ3n) is 3.06. The molecule has 0 aliphatic heterocycles. The second-order valence-corrected chi connectivity index (χ2v) is 7.99. The number of rotatable bonds is 3. The van der Waals surface area contributed by atoms with Gasteiger partial charge in [-0.2, -0.15) is 0 Å². The number of carbonyl (C=O) groups is 1. The summed E-state index contributed by atoms with van der Waals surface area (Å²) >= 11 is 12.9. The predicted octanol–water partition coefficient (Wildman–Crippen LogP) is 4.07. The summed E-state index contributed by atoms with van der Waals surface area (Å²) in [5.41, 5.74) is -0.368. The van der Waals surface area contributed by atoms with Crippen LogP contribution in [0.5, 0.6) is 0 Å². The van der Waals surface area contributed by atoms with E-state index in [1.54, 1.807) is 11.4 Å². The number of halogens is 2.